The molecule has 0 saturated heterocycles. The van der Waals surface area contributed by atoms with E-state index < -0.39 is 0 Å². The maximum Gasteiger partial charge on any atom is 0.0970 e. The Hall–Kier alpha value is -3.26. The molecule has 0 fully saturated rings. The van der Waals surface area contributed by atoms with Gasteiger partial charge in [-0.2, -0.15) is 0 Å². The van der Waals surface area contributed by atoms with Crippen LogP contribution in [0.3, 0.4) is 0 Å². The minimum absolute atomic E-state index is 0.861. The van der Waals surface area contributed by atoms with E-state index in [-0.39, 0.29) is 0 Å². The highest BCUT2D eigenvalue weighted by molar-refractivity contribution is 5.99. The average Bonchev–Trinajstić information content (AvgIpc) is 3.01. The largest absolute Gasteiger partial charge is 0.259 e. The van der Waals surface area contributed by atoms with E-state index in [0.717, 1.165) is 29.7 Å². The highest BCUT2D eigenvalue weighted by Gasteiger charge is 2.15. The van der Waals surface area contributed by atoms with E-state index in [1.807, 2.05) is 13.1 Å². The van der Waals surface area contributed by atoms with Gasteiger partial charge >= 0.3 is 0 Å². The molecular formula is C28H28N2. The number of aromatic nitrogens is 1. The molecule has 2 aromatic carbocycles. The van der Waals surface area contributed by atoms with E-state index in [1.165, 1.54) is 38.8 Å². The van der Waals surface area contributed by atoms with Gasteiger partial charge in [-0.05, 0) is 73.6 Å². The standard InChI is InChI=1S/C28H28N2/c1-5-29-27-23(18-25-19(2)11-10-12-20(25)3)15-16-24-26(17-21(4)30-28(24)27)22-13-8-6-7-9-14-22/h5-13,15-17H,14,18H2,1-4H3. The van der Waals surface area contributed by atoms with Crippen molar-refractivity contribution in [1.29, 1.82) is 0 Å². The quantitative estimate of drug-likeness (QED) is 0.425. The third-order valence-corrected chi connectivity index (χ3v) is 5.78. The van der Waals surface area contributed by atoms with E-state index in [9.17, 15) is 0 Å². The molecule has 1 aliphatic carbocycles. The number of hydrogen-bond acceptors (Lipinski definition) is 2. The summed E-state index contributed by atoms with van der Waals surface area (Å²) in [6, 6.07) is 13.2. The van der Waals surface area contributed by atoms with Crippen molar-refractivity contribution in [3.8, 4) is 0 Å². The Morgan fingerprint density at radius 3 is 2.57 bits per heavy atom. The summed E-state index contributed by atoms with van der Waals surface area (Å²) in [5, 5.41) is 1.17. The molecule has 0 amide bonds. The molecule has 0 unspecified atom stereocenters. The van der Waals surface area contributed by atoms with Crippen molar-refractivity contribution in [1.82, 2.24) is 4.98 Å². The van der Waals surface area contributed by atoms with Crippen molar-refractivity contribution in [3.05, 3.63) is 100 Å². The SMILES string of the molecule is CC=Nc1c(Cc2c(C)cccc2C)ccc2c(C3=CC=CC=CC3)cc(C)nc12. The topological polar surface area (TPSA) is 25.2 Å². The number of fused-ring (bicyclic) bond motifs is 1. The number of aliphatic imine (C=N–C) groups is 1. The van der Waals surface area contributed by atoms with Crippen LogP contribution in [0, 0.1) is 20.8 Å². The molecule has 150 valence electrons. The fraction of sp³-hybridized carbons (Fsp3) is 0.214. The molecule has 3 aromatic rings. The third-order valence-electron chi connectivity index (χ3n) is 5.78. The Bertz CT molecular complexity index is 1200. The maximum absolute atomic E-state index is 4.94. The lowest BCUT2D eigenvalue weighted by Crippen LogP contribution is -1.99. The van der Waals surface area contributed by atoms with Crippen molar-refractivity contribution in [3.63, 3.8) is 0 Å². The molecule has 30 heavy (non-hydrogen) atoms. The lowest BCUT2D eigenvalue weighted by Gasteiger charge is -2.16. The van der Waals surface area contributed by atoms with Crippen LogP contribution in [0.1, 0.15) is 46.9 Å². The van der Waals surface area contributed by atoms with Crippen LogP contribution in [0.2, 0.25) is 0 Å². The van der Waals surface area contributed by atoms with Crippen molar-refractivity contribution in [2.75, 3.05) is 0 Å². The minimum atomic E-state index is 0.861. The van der Waals surface area contributed by atoms with Crippen LogP contribution in [0.4, 0.5) is 5.69 Å². The van der Waals surface area contributed by atoms with Gasteiger partial charge < -0.3 is 0 Å². The van der Waals surface area contributed by atoms with Crippen molar-refractivity contribution >= 4 is 28.4 Å². The molecule has 1 heterocycles. The highest BCUT2D eigenvalue weighted by Crippen LogP contribution is 2.36. The van der Waals surface area contributed by atoms with Crippen LogP contribution in [0.15, 0.2) is 71.8 Å². The molecule has 0 saturated carbocycles. The Morgan fingerprint density at radius 1 is 1.00 bits per heavy atom. The highest BCUT2D eigenvalue weighted by atomic mass is 14.8. The first-order chi connectivity index (χ1) is 14.6. The molecule has 0 aliphatic heterocycles. The van der Waals surface area contributed by atoms with Gasteiger partial charge in [-0.15, -0.1) is 0 Å². The van der Waals surface area contributed by atoms with Crippen molar-refractivity contribution in [2.24, 2.45) is 4.99 Å². The van der Waals surface area contributed by atoms with Crippen LogP contribution in [0.25, 0.3) is 16.5 Å². The fourth-order valence-corrected chi connectivity index (χ4v) is 4.22. The number of hydrogen-bond donors (Lipinski definition) is 0. The number of aryl methyl sites for hydroxylation is 3. The monoisotopic (exact) mass is 392 g/mol. The van der Waals surface area contributed by atoms with Crippen LogP contribution < -0.4 is 0 Å². The molecule has 0 radical (unpaired) electrons. The zero-order chi connectivity index (χ0) is 21.1. The van der Waals surface area contributed by atoms with E-state index >= 15 is 0 Å². The summed E-state index contributed by atoms with van der Waals surface area (Å²) >= 11 is 0. The van der Waals surface area contributed by atoms with Gasteiger partial charge in [0.15, 0.2) is 0 Å². The van der Waals surface area contributed by atoms with Gasteiger partial charge in [0.25, 0.3) is 0 Å². The predicted octanol–water partition coefficient (Wildman–Crippen LogP) is 7.37. The Morgan fingerprint density at radius 2 is 1.80 bits per heavy atom. The van der Waals surface area contributed by atoms with E-state index in [2.05, 4.69) is 87.5 Å². The lowest BCUT2D eigenvalue weighted by atomic mass is 9.92. The van der Waals surface area contributed by atoms with Gasteiger partial charge in [0, 0.05) is 23.7 Å². The molecule has 1 aliphatic rings. The molecule has 0 N–H and O–H groups in total. The van der Waals surface area contributed by atoms with Gasteiger partial charge in [-0.1, -0.05) is 60.7 Å². The van der Waals surface area contributed by atoms with Crippen molar-refractivity contribution < 1.29 is 0 Å². The molecular weight excluding hydrogens is 364 g/mol. The van der Waals surface area contributed by atoms with Gasteiger partial charge in [-0.25, -0.2) is 0 Å². The van der Waals surface area contributed by atoms with Crippen LogP contribution in [-0.4, -0.2) is 11.2 Å². The zero-order valence-electron chi connectivity index (χ0n) is 18.2. The summed E-state index contributed by atoms with van der Waals surface area (Å²) in [6.45, 7) is 8.42. The smallest absolute Gasteiger partial charge is 0.0970 e. The van der Waals surface area contributed by atoms with Gasteiger partial charge in [-0.3, -0.25) is 9.98 Å². The number of allylic oxidation sites excluding steroid dienone is 6. The summed E-state index contributed by atoms with van der Waals surface area (Å²) in [5.41, 5.74) is 10.8. The second-order valence-electron chi connectivity index (χ2n) is 7.92. The van der Waals surface area contributed by atoms with Crippen molar-refractivity contribution in [2.45, 2.75) is 40.5 Å². The van der Waals surface area contributed by atoms with Crippen LogP contribution in [-0.2, 0) is 6.42 Å². The van der Waals surface area contributed by atoms with Gasteiger partial charge in [0.05, 0.1) is 11.2 Å². The van der Waals surface area contributed by atoms with E-state index in [1.54, 1.807) is 0 Å². The lowest BCUT2D eigenvalue weighted by molar-refractivity contribution is 1.12. The van der Waals surface area contributed by atoms with Crippen LogP contribution in [0.5, 0.6) is 0 Å². The third kappa shape index (κ3) is 3.91. The van der Waals surface area contributed by atoms with E-state index in [0.29, 0.717) is 0 Å². The summed E-state index contributed by atoms with van der Waals surface area (Å²) in [6.07, 6.45) is 14.4. The zero-order valence-corrected chi connectivity index (χ0v) is 18.2. The summed E-state index contributed by atoms with van der Waals surface area (Å²) in [4.78, 5) is 9.74. The summed E-state index contributed by atoms with van der Waals surface area (Å²) in [5.74, 6) is 0. The number of benzene rings is 2. The molecule has 2 heteroatoms. The summed E-state index contributed by atoms with van der Waals surface area (Å²) in [7, 11) is 0. The first kappa shape index (κ1) is 20.0. The Labute approximate surface area is 179 Å². The molecule has 4 rings (SSSR count). The number of nitrogens with zero attached hydrogens (tertiary/aromatic N) is 2. The predicted molar refractivity (Wildman–Crippen MR) is 130 cm³/mol. The molecule has 2 nitrogen and oxygen atoms in total. The average molecular weight is 393 g/mol. The maximum atomic E-state index is 4.94. The van der Waals surface area contributed by atoms with Gasteiger partial charge in [0.1, 0.15) is 0 Å². The minimum Gasteiger partial charge on any atom is -0.259 e. The Kier molecular flexibility index (Phi) is 5.76. The molecule has 0 atom stereocenters. The second-order valence-corrected chi connectivity index (χ2v) is 7.92. The molecule has 1 aromatic heterocycles. The first-order valence-electron chi connectivity index (χ1n) is 10.6. The first-order valence-corrected chi connectivity index (χ1v) is 10.6. The molecule has 0 spiro atoms. The number of rotatable bonds is 4. The van der Waals surface area contributed by atoms with E-state index in [4.69, 9.17) is 9.98 Å². The Balaban J connectivity index is 1.92. The fourth-order valence-electron chi connectivity index (χ4n) is 4.22. The number of pyridine rings is 1. The van der Waals surface area contributed by atoms with Crippen LogP contribution >= 0.6 is 0 Å². The second kappa shape index (κ2) is 8.62. The normalized spacial score (nSPS) is 13.8. The van der Waals surface area contributed by atoms with Gasteiger partial charge in [0.2, 0.25) is 0 Å². The summed E-state index contributed by atoms with van der Waals surface area (Å²) < 4.78 is 0. The molecule has 0 bridgehead atoms.